The van der Waals surface area contributed by atoms with E-state index in [2.05, 4.69) is 16.4 Å². The Morgan fingerprint density at radius 3 is 2.87 bits per heavy atom. The third-order valence-electron chi connectivity index (χ3n) is 2.18. The minimum atomic E-state index is 0.808. The minimum Gasteiger partial charge on any atom is -0.247 e. The number of aryl methyl sites for hydroxylation is 3. The summed E-state index contributed by atoms with van der Waals surface area (Å²) in [6.07, 6.45) is 2.01. The largest absolute Gasteiger partial charge is 0.247 e. The lowest BCUT2D eigenvalue weighted by molar-refractivity contribution is 0.937. The smallest absolute Gasteiger partial charge is 0.0931 e. The van der Waals surface area contributed by atoms with Gasteiger partial charge in [-0.1, -0.05) is 23.7 Å². The fourth-order valence-corrected chi connectivity index (χ4v) is 2.45. The standard InChI is InChI=1S/C12H12ClNS/c1-9-8-15-12(14-9)6-5-10-3-2-4-11(13)7-10/h2-4,7-8H,5-6H2,1H3. The molecule has 0 aliphatic rings. The molecule has 0 atom stereocenters. The number of thiazole rings is 1. The maximum Gasteiger partial charge on any atom is 0.0931 e. The molecule has 0 aliphatic carbocycles. The monoisotopic (exact) mass is 237 g/mol. The molecular weight excluding hydrogens is 226 g/mol. The van der Waals surface area contributed by atoms with Crippen LogP contribution in [-0.2, 0) is 12.8 Å². The van der Waals surface area contributed by atoms with Gasteiger partial charge < -0.3 is 0 Å². The number of nitrogens with zero attached hydrogens (tertiary/aromatic N) is 1. The van der Waals surface area contributed by atoms with Crippen LogP contribution < -0.4 is 0 Å². The summed E-state index contributed by atoms with van der Waals surface area (Å²) < 4.78 is 0. The molecule has 15 heavy (non-hydrogen) atoms. The molecule has 3 heteroatoms. The Hall–Kier alpha value is -0.860. The lowest BCUT2D eigenvalue weighted by atomic mass is 10.1. The lowest BCUT2D eigenvalue weighted by Gasteiger charge is -1.99. The van der Waals surface area contributed by atoms with E-state index in [1.54, 1.807) is 11.3 Å². The van der Waals surface area contributed by atoms with Crippen molar-refractivity contribution in [1.29, 1.82) is 0 Å². The van der Waals surface area contributed by atoms with Crippen molar-refractivity contribution in [1.82, 2.24) is 4.98 Å². The number of hydrogen-bond acceptors (Lipinski definition) is 2. The van der Waals surface area contributed by atoms with E-state index in [-0.39, 0.29) is 0 Å². The summed E-state index contributed by atoms with van der Waals surface area (Å²) >= 11 is 7.65. The highest BCUT2D eigenvalue weighted by Gasteiger charge is 2.00. The van der Waals surface area contributed by atoms with Gasteiger partial charge in [0, 0.05) is 22.5 Å². The SMILES string of the molecule is Cc1csc(CCc2cccc(Cl)c2)n1. The van der Waals surface area contributed by atoms with Gasteiger partial charge in [-0.25, -0.2) is 4.98 Å². The zero-order valence-corrected chi connectivity index (χ0v) is 10.1. The number of benzene rings is 1. The lowest BCUT2D eigenvalue weighted by Crippen LogP contribution is -1.90. The summed E-state index contributed by atoms with van der Waals surface area (Å²) in [6, 6.07) is 8.01. The van der Waals surface area contributed by atoms with Crippen LogP contribution in [0.4, 0.5) is 0 Å². The van der Waals surface area contributed by atoms with Crippen molar-refractivity contribution in [2.45, 2.75) is 19.8 Å². The van der Waals surface area contributed by atoms with E-state index in [1.165, 1.54) is 10.6 Å². The molecular formula is C12H12ClNS. The van der Waals surface area contributed by atoms with Crippen molar-refractivity contribution in [2.75, 3.05) is 0 Å². The molecule has 0 spiro atoms. The zero-order chi connectivity index (χ0) is 10.7. The Labute approximate surface area is 98.7 Å². The molecule has 0 aliphatic heterocycles. The van der Waals surface area contributed by atoms with Gasteiger partial charge in [-0.3, -0.25) is 0 Å². The summed E-state index contributed by atoms with van der Waals surface area (Å²) in [5.41, 5.74) is 2.39. The molecule has 0 unspecified atom stereocenters. The molecule has 1 nitrogen and oxygen atoms in total. The van der Waals surface area contributed by atoms with E-state index in [0.717, 1.165) is 23.6 Å². The van der Waals surface area contributed by atoms with E-state index in [1.807, 2.05) is 25.1 Å². The second-order valence-electron chi connectivity index (χ2n) is 3.51. The second-order valence-corrected chi connectivity index (χ2v) is 4.89. The summed E-state index contributed by atoms with van der Waals surface area (Å²) in [6.45, 7) is 2.03. The van der Waals surface area contributed by atoms with Crippen molar-refractivity contribution in [3.63, 3.8) is 0 Å². The number of aromatic nitrogens is 1. The Balaban J connectivity index is 1.99. The fraction of sp³-hybridized carbons (Fsp3) is 0.250. The highest BCUT2D eigenvalue weighted by atomic mass is 35.5. The quantitative estimate of drug-likeness (QED) is 0.789. The first kappa shape index (κ1) is 10.7. The number of rotatable bonds is 3. The Bertz CT molecular complexity index is 450. The first-order valence-electron chi connectivity index (χ1n) is 4.89. The molecule has 1 aromatic heterocycles. The van der Waals surface area contributed by atoms with Crippen molar-refractivity contribution in [3.8, 4) is 0 Å². The van der Waals surface area contributed by atoms with Crippen LogP contribution in [0.15, 0.2) is 29.6 Å². The first-order chi connectivity index (χ1) is 7.24. The van der Waals surface area contributed by atoms with Crippen LogP contribution in [0.5, 0.6) is 0 Å². The van der Waals surface area contributed by atoms with Gasteiger partial charge in [0.25, 0.3) is 0 Å². The highest BCUT2D eigenvalue weighted by molar-refractivity contribution is 7.09. The van der Waals surface area contributed by atoms with E-state index >= 15 is 0 Å². The zero-order valence-electron chi connectivity index (χ0n) is 8.53. The summed E-state index contributed by atoms with van der Waals surface area (Å²) in [5, 5.41) is 4.10. The molecule has 1 heterocycles. The number of hydrogen-bond donors (Lipinski definition) is 0. The van der Waals surface area contributed by atoms with Gasteiger partial charge in [-0.05, 0) is 31.0 Å². The molecule has 78 valence electrons. The topological polar surface area (TPSA) is 12.9 Å². The van der Waals surface area contributed by atoms with Crippen LogP contribution in [0.2, 0.25) is 5.02 Å². The molecule has 1 aromatic carbocycles. The molecule has 0 amide bonds. The normalized spacial score (nSPS) is 10.5. The predicted molar refractivity (Wildman–Crippen MR) is 65.7 cm³/mol. The Morgan fingerprint density at radius 2 is 2.20 bits per heavy atom. The average molecular weight is 238 g/mol. The Kier molecular flexibility index (Phi) is 3.39. The van der Waals surface area contributed by atoms with Gasteiger partial charge in [-0.15, -0.1) is 11.3 Å². The van der Waals surface area contributed by atoms with Crippen molar-refractivity contribution >= 4 is 22.9 Å². The molecule has 0 N–H and O–H groups in total. The summed E-state index contributed by atoms with van der Waals surface area (Å²) in [4.78, 5) is 4.43. The molecule has 0 saturated heterocycles. The van der Waals surface area contributed by atoms with Crippen LogP contribution >= 0.6 is 22.9 Å². The molecule has 2 aromatic rings. The summed E-state index contributed by atoms with van der Waals surface area (Å²) in [5.74, 6) is 0. The molecule has 0 bridgehead atoms. The van der Waals surface area contributed by atoms with Gasteiger partial charge in [0.15, 0.2) is 0 Å². The van der Waals surface area contributed by atoms with Gasteiger partial charge in [-0.2, -0.15) is 0 Å². The van der Waals surface area contributed by atoms with Crippen LogP contribution in [0, 0.1) is 6.92 Å². The van der Waals surface area contributed by atoms with E-state index in [0.29, 0.717) is 0 Å². The van der Waals surface area contributed by atoms with Gasteiger partial charge in [0.05, 0.1) is 5.01 Å². The second kappa shape index (κ2) is 4.77. The van der Waals surface area contributed by atoms with Gasteiger partial charge >= 0.3 is 0 Å². The third-order valence-corrected chi connectivity index (χ3v) is 3.44. The maximum absolute atomic E-state index is 5.92. The van der Waals surface area contributed by atoms with E-state index in [9.17, 15) is 0 Å². The molecule has 2 rings (SSSR count). The van der Waals surface area contributed by atoms with Gasteiger partial charge in [0.2, 0.25) is 0 Å². The van der Waals surface area contributed by atoms with Crippen molar-refractivity contribution in [3.05, 3.63) is 50.9 Å². The van der Waals surface area contributed by atoms with Crippen LogP contribution in [-0.4, -0.2) is 4.98 Å². The van der Waals surface area contributed by atoms with Crippen LogP contribution in [0.1, 0.15) is 16.3 Å². The van der Waals surface area contributed by atoms with Crippen LogP contribution in [0.25, 0.3) is 0 Å². The van der Waals surface area contributed by atoms with E-state index in [4.69, 9.17) is 11.6 Å². The average Bonchev–Trinajstić information content (AvgIpc) is 2.62. The van der Waals surface area contributed by atoms with Crippen molar-refractivity contribution in [2.24, 2.45) is 0 Å². The highest BCUT2D eigenvalue weighted by Crippen LogP contribution is 2.15. The molecule has 0 saturated carbocycles. The maximum atomic E-state index is 5.92. The predicted octanol–water partition coefficient (Wildman–Crippen LogP) is 3.89. The molecule has 0 radical (unpaired) electrons. The fourth-order valence-electron chi connectivity index (χ4n) is 1.46. The van der Waals surface area contributed by atoms with Gasteiger partial charge in [0.1, 0.15) is 0 Å². The van der Waals surface area contributed by atoms with E-state index < -0.39 is 0 Å². The third kappa shape index (κ3) is 3.05. The first-order valence-corrected chi connectivity index (χ1v) is 6.15. The molecule has 0 fully saturated rings. The van der Waals surface area contributed by atoms with Crippen molar-refractivity contribution < 1.29 is 0 Å². The number of halogens is 1. The van der Waals surface area contributed by atoms with Crippen LogP contribution in [0.3, 0.4) is 0 Å². The summed E-state index contributed by atoms with van der Waals surface area (Å²) in [7, 11) is 0. The minimum absolute atomic E-state index is 0.808. The Morgan fingerprint density at radius 1 is 1.33 bits per heavy atom.